The number of hydrogen-bond acceptors (Lipinski definition) is 2. The summed E-state index contributed by atoms with van der Waals surface area (Å²) in [6.45, 7) is 4.31. The van der Waals surface area contributed by atoms with Crippen LogP contribution in [-0.4, -0.2) is 0 Å². The number of hydrogen-bond donors (Lipinski definition) is 2. The lowest BCUT2D eigenvalue weighted by atomic mass is 9.67. The van der Waals surface area contributed by atoms with E-state index in [1.54, 1.807) is 0 Å². The minimum atomic E-state index is -0.397. The summed E-state index contributed by atoms with van der Waals surface area (Å²) in [4.78, 5) is 0. The highest BCUT2D eigenvalue weighted by atomic mass is 14.6. The molecule has 0 saturated heterocycles. The van der Waals surface area contributed by atoms with E-state index in [0.29, 0.717) is 0 Å². The van der Waals surface area contributed by atoms with Crippen LogP contribution in [0.3, 0.4) is 0 Å². The van der Waals surface area contributed by atoms with Gasteiger partial charge in [-0.25, -0.2) is 0 Å². The molecular formula is C27H24N2. The third-order valence-electron chi connectivity index (χ3n) is 6.14. The van der Waals surface area contributed by atoms with Gasteiger partial charge in [-0.2, -0.15) is 0 Å². The van der Waals surface area contributed by atoms with Gasteiger partial charge in [-0.3, -0.25) is 0 Å². The Kier molecular flexibility index (Phi) is 3.78. The fourth-order valence-electron chi connectivity index (χ4n) is 4.81. The van der Waals surface area contributed by atoms with Gasteiger partial charge in [0, 0.05) is 11.4 Å². The van der Waals surface area contributed by atoms with Gasteiger partial charge in [0.05, 0.1) is 5.41 Å². The van der Waals surface area contributed by atoms with E-state index in [9.17, 15) is 0 Å². The lowest BCUT2D eigenvalue weighted by Gasteiger charge is -2.34. The molecule has 5 rings (SSSR count). The van der Waals surface area contributed by atoms with E-state index in [1.165, 1.54) is 44.5 Å². The van der Waals surface area contributed by atoms with Gasteiger partial charge in [0.15, 0.2) is 0 Å². The van der Waals surface area contributed by atoms with E-state index >= 15 is 0 Å². The van der Waals surface area contributed by atoms with Crippen molar-refractivity contribution < 1.29 is 0 Å². The molecule has 4 N–H and O–H groups in total. The molecule has 1 aliphatic rings. The van der Waals surface area contributed by atoms with Crippen LogP contribution in [0.15, 0.2) is 84.9 Å². The first-order valence-electron chi connectivity index (χ1n) is 9.95. The van der Waals surface area contributed by atoms with Gasteiger partial charge in [-0.1, -0.05) is 71.8 Å². The highest BCUT2D eigenvalue weighted by molar-refractivity contribution is 5.87. The molecule has 0 radical (unpaired) electrons. The molecule has 0 bridgehead atoms. The number of aryl methyl sites for hydroxylation is 2. The van der Waals surface area contributed by atoms with Crippen LogP contribution in [0.5, 0.6) is 0 Å². The Labute approximate surface area is 171 Å². The van der Waals surface area contributed by atoms with E-state index in [4.69, 9.17) is 11.5 Å². The molecule has 2 nitrogen and oxygen atoms in total. The summed E-state index contributed by atoms with van der Waals surface area (Å²) in [5.74, 6) is 0. The maximum atomic E-state index is 6.04. The number of fused-ring (bicyclic) bond motifs is 3. The standard InChI is InChI=1S/C27H24N2/c1-17-4-14-25-24(15-17)23-13-3-18(2)16-26(23)27(25,19-5-9-21(28)10-6-19)20-7-11-22(29)12-8-20/h3-16H,28-29H2,1-2H3. The van der Waals surface area contributed by atoms with Crippen LogP contribution in [0.1, 0.15) is 33.4 Å². The molecule has 0 amide bonds. The molecule has 1 aliphatic carbocycles. The summed E-state index contributed by atoms with van der Waals surface area (Å²) in [7, 11) is 0. The molecule has 29 heavy (non-hydrogen) atoms. The maximum Gasteiger partial charge on any atom is 0.0713 e. The Morgan fingerprint density at radius 1 is 0.517 bits per heavy atom. The van der Waals surface area contributed by atoms with Crippen molar-refractivity contribution in [3.63, 3.8) is 0 Å². The van der Waals surface area contributed by atoms with E-state index < -0.39 is 5.41 Å². The first-order chi connectivity index (χ1) is 14.0. The molecule has 0 fully saturated rings. The Morgan fingerprint density at radius 3 is 1.62 bits per heavy atom. The van der Waals surface area contributed by atoms with Crippen LogP contribution in [0, 0.1) is 13.8 Å². The molecule has 0 aromatic heterocycles. The Balaban J connectivity index is 1.96. The first-order valence-corrected chi connectivity index (χ1v) is 9.95. The monoisotopic (exact) mass is 376 g/mol. The first kappa shape index (κ1) is 17.6. The third-order valence-corrected chi connectivity index (χ3v) is 6.14. The highest BCUT2D eigenvalue weighted by Crippen LogP contribution is 2.56. The van der Waals surface area contributed by atoms with Crippen LogP contribution in [0.2, 0.25) is 0 Å². The smallest absolute Gasteiger partial charge is 0.0713 e. The summed E-state index contributed by atoms with van der Waals surface area (Å²) < 4.78 is 0. The fourth-order valence-corrected chi connectivity index (χ4v) is 4.81. The number of nitrogens with two attached hydrogens (primary N) is 2. The maximum absolute atomic E-state index is 6.04. The van der Waals surface area contributed by atoms with E-state index in [2.05, 4.69) is 74.5 Å². The largest absolute Gasteiger partial charge is 0.399 e. The minimum Gasteiger partial charge on any atom is -0.399 e. The average Bonchev–Trinajstić information content (AvgIpc) is 2.99. The van der Waals surface area contributed by atoms with Crippen LogP contribution in [0.4, 0.5) is 11.4 Å². The quantitative estimate of drug-likeness (QED) is 0.381. The zero-order valence-electron chi connectivity index (χ0n) is 16.7. The molecule has 0 atom stereocenters. The van der Waals surface area contributed by atoms with Gasteiger partial charge < -0.3 is 11.5 Å². The van der Waals surface area contributed by atoms with Crippen LogP contribution >= 0.6 is 0 Å². The van der Waals surface area contributed by atoms with Crippen molar-refractivity contribution in [3.8, 4) is 11.1 Å². The van der Waals surface area contributed by atoms with Gasteiger partial charge in [0.25, 0.3) is 0 Å². The predicted molar refractivity (Wildman–Crippen MR) is 122 cm³/mol. The molecule has 0 unspecified atom stereocenters. The average molecular weight is 377 g/mol. The minimum absolute atomic E-state index is 0.397. The Hall–Kier alpha value is -3.52. The molecule has 0 aliphatic heterocycles. The van der Waals surface area contributed by atoms with E-state index in [-0.39, 0.29) is 0 Å². The van der Waals surface area contributed by atoms with E-state index in [0.717, 1.165) is 11.4 Å². The Bertz CT molecular complexity index is 1170. The van der Waals surface area contributed by atoms with Gasteiger partial charge in [0.1, 0.15) is 0 Å². The van der Waals surface area contributed by atoms with Crippen molar-refractivity contribution in [1.82, 2.24) is 0 Å². The molecule has 142 valence electrons. The van der Waals surface area contributed by atoms with Crippen LogP contribution < -0.4 is 11.5 Å². The predicted octanol–water partition coefficient (Wildman–Crippen LogP) is 5.83. The van der Waals surface area contributed by atoms with Crippen molar-refractivity contribution in [1.29, 1.82) is 0 Å². The lowest BCUT2D eigenvalue weighted by molar-refractivity contribution is 0.767. The second kappa shape index (κ2) is 6.25. The zero-order valence-corrected chi connectivity index (χ0v) is 16.7. The molecular weight excluding hydrogens is 352 g/mol. The van der Waals surface area contributed by atoms with Crippen molar-refractivity contribution in [2.75, 3.05) is 11.5 Å². The van der Waals surface area contributed by atoms with Gasteiger partial charge >= 0.3 is 0 Å². The highest BCUT2D eigenvalue weighted by Gasteiger charge is 2.46. The lowest BCUT2D eigenvalue weighted by Crippen LogP contribution is -2.28. The summed E-state index contributed by atoms with van der Waals surface area (Å²) in [6.07, 6.45) is 0. The van der Waals surface area contributed by atoms with E-state index in [1.807, 2.05) is 24.3 Å². The van der Waals surface area contributed by atoms with Crippen molar-refractivity contribution >= 4 is 11.4 Å². The number of benzene rings is 4. The molecule has 2 heteroatoms. The number of nitrogen functional groups attached to an aromatic ring is 2. The van der Waals surface area contributed by atoms with Gasteiger partial charge in [-0.15, -0.1) is 0 Å². The summed E-state index contributed by atoms with van der Waals surface area (Å²) >= 11 is 0. The molecule has 0 spiro atoms. The molecule has 0 heterocycles. The van der Waals surface area contributed by atoms with Crippen LogP contribution in [0.25, 0.3) is 11.1 Å². The molecule has 4 aromatic rings. The van der Waals surface area contributed by atoms with Crippen LogP contribution in [-0.2, 0) is 5.41 Å². The fraction of sp³-hybridized carbons (Fsp3) is 0.111. The van der Waals surface area contributed by atoms with Crippen molar-refractivity contribution in [3.05, 3.63) is 118 Å². The van der Waals surface area contributed by atoms with Gasteiger partial charge in [-0.05, 0) is 71.5 Å². The molecule has 0 saturated carbocycles. The second-order valence-corrected chi connectivity index (χ2v) is 8.09. The zero-order chi connectivity index (χ0) is 20.2. The SMILES string of the molecule is Cc1ccc2c(c1)-c1ccc(C)cc1C2(c1ccc(N)cc1)c1ccc(N)cc1. The molecule has 4 aromatic carbocycles. The third kappa shape index (κ3) is 2.49. The van der Waals surface area contributed by atoms with Gasteiger partial charge in [0.2, 0.25) is 0 Å². The second-order valence-electron chi connectivity index (χ2n) is 8.09. The Morgan fingerprint density at radius 2 is 1.03 bits per heavy atom. The number of rotatable bonds is 2. The topological polar surface area (TPSA) is 52.0 Å². The normalized spacial score (nSPS) is 13.7. The van der Waals surface area contributed by atoms with Crippen molar-refractivity contribution in [2.24, 2.45) is 0 Å². The summed E-state index contributed by atoms with van der Waals surface area (Å²) in [5.41, 5.74) is 23.4. The summed E-state index contributed by atoms with van der Waals surface area (Å²) in [6, 6.07) is 30.2. The number of anilines is 2. The van der Waals surface area contributed by atoms with Crippen molar-refractivity contribution in [2.45, 2.75) is 19.3 Å². The summed E-state index contributed by atoms with van der Waals surface area (Å²) in [5, 5.41) is 0.